The van der Waals surface area contributed by atoms with E-state index < -0.39 is 11.4 Å². The number of hydrogen-bond donors (Lipinski definition) is 2. The van der Waals surface area contributed by atoms with Crippen molar-refractivity contribution in [2.75, 3.05) is 6.61 Å². The minimum Gasteiger partial charge on any atom is -0.488 e. The fourth-order valence-electron chi connectivity index (χ4n) is 2.48. The van der Waals surface area contributed by atoms with Crippen LogP contribution in [0.3, 0.4) is 0 Å². The first kappa shape index (κ1) is 14.3. The fraction of sp³-hybridized carbons (Fsp3) is 0.600. The molecule has 2 rings (SSSR count). The van der Waals surface area contributed by atoms with E-state index in [1.54, 1.807) is 19.1 Å². The van der Waals surface area contributed by atoms with Crippen molar-refractivity contribution in [3.63, 3.8) is 0 Å². The highest BCUT2D eigenvalue weighted by Crippen LogP contribution is 2.29. The van der Waals surface area contributed by atoms with Crippen LogP contribution in [0.5, 0.6) is 5.75 Å². The van der Waals surface area contributed by atoms with E-state index in [1.807, 2.05) is 0 Å². The first-order chi connectivity index (χ1) is 9.00. The van der Waals surface area contributed by atoms with Crippen molar-refractivity contribution in [1.29, 1.82) is 0 Å². The summed E-state index contributed by atoms with van der Waals surface area (Å²) in [5.41, 5.74) is 5.63. The molecule has 0 aliphatic heterocycles. The van der Waals surface area contributed by atoms with Crippen LogP contribution >= 0.6 is 0 Å². The average molecular weight is 267 g/mol. The van der Waals surface area contributed by atoms with Crippen LogP contribution in [0.2, 0.25) is 0 Å². The number of nitrogens with two attached hydrogens (primary N) is 1. The molecule has 3 nitrogen and oxygen atoms in total. The van der Waals surface area contributed by atoms with E-state index in [4.69, 9.17) is 10.5 Å². The highest BCUT2D eigenvalue weighted by Gasteiger charge is 2.30. The predicted molar refractivity (Wildman–Crippen MR) is 72.5 cm³/mol. The first-order valence-corrected chi connectivity index (χ1v) is 6.90. The number of rotatable bonds is 4. The Morgan fingerprint density at radius 3 is 2.63 bits per heavy atom. The SMILES string of the molecule is C[C@@H](N)c1ccc(OCC2(O)CCCCC2)c(F)c1. The van der Waals surface area contributed by atoms with Gasteiger partial charge in [0.1, 0.15) is 6.61 Å². The summed E-state index contributed by atoms with van der Waals surface area (Å²) in [5.74, 6) is -0.238. The molecular formula is C15H22FNO2. The Hall–Kier alpha value is -1.13. The van der Waals surface area contributed by atoms with Gasteiger partial charge in [0.25, 0.3) is 0 Å². The second-order valence-corrected chi connectivity index (χ2v) is 5.55. The van der Waals surface area contributed by atoms with E-state index in [0.717, 1.165) is 37.7 Å². The van der Waals surface area contributed by atoms with Crippen LogP contribution in [0.4, 0.5) is 4.39 Å². The molecule has 0 saturated heterocycles. The lowest BCUT2D eigenvalue weighted by Crippen LogP contribution is -2.38. The van der Waals surface area contributed by atoms with Crippen molar-refractivity contribution < 1.29 is 14.2 Å². The summed E-state index contributed by atoms with van der Waals surface area (Å²) in [6.07, 6.45) is 4.62. The number of hydrogen-bond acceptors (Lipinski definition) is 3. The van der Waals surface area contributed by atoms with Crippen molar-refractivity contribution in [3.05, 3.63) is 29.6 Å². The van der Waals surface area contributed by atoms with E-state index >= 15 is 0 Å². The molecule has 1 aromatic carbocycles. The van der Waals surface area contributed by atoms with Crippen LogP contribution in [0, 0.1) is 5.82 Å². The monoisotopic (exact) mass is 267 g/mol. The molecule has 0 heterocycles. The molecule has 0 unspecified atom stereocenters. The largest absolute Gasteiger partial charge is 0.488 e. The molecule has 1 aliphatic rings. The second kappa shape index (κ2) is 5.88. The van der Waals surface area contributed by atoms with Gasteiger partial charge in [0.05, 0.1) is 5.60 Å². The highest BCUT2D eigenvalue weighted by molar-refractivity contribution is 5.30. The van der Waals surface area contributed by atoms with Crippen LogP contribution in [0.1, 0.15) is 50.6 Å². The van der Waals surface area contributed by atoms with Gasteiger partial charge in [-0.05, 0) is 37.5 Å². The second-order valence-electron chi connectivity index (χ2n) is 5.55. The van der Waals surface area contributed by atoms with Gasteiger partial charge in [0, 0.05) is 6.04 Å². The summed E-state index contributed by atoms with van der Waals surface area (Å²) in [6, 6.07) is 4.53. The molecule has 0 radical (unpaired) electrons. The van der Waals surface area contributed by atoms with E-state index in [2.05, 4.69) is 0 Å². The average Bonchev–Trinajstić information content (AvgIpc) is 2.38. The normalized spacial score (nSPS) is 20.0. The zero-order valence-electron chi connectivity index (χ0n) is 11.4. The lowest BCUT2D eigenvalue weighted by atomic mass is 9.85. The number of benzene rings is 1. The van der Waals surface area contributed by atoms with Gasteiger partial charge in [-0.25, -0.2) is 4.39 Å². The maximum Gasteiger partial charge on any atom is 0.165 e. The van der Waals surface area contributed by atoms with Crippen LogP contribution in [-0.4, -0.2) is 17.3 Å². The standard InChI is InChI=1S/C15H22FNO2/c1-11(17)12-5-6-14(13(16)9-12)19-10-15(18)7-3-2-4-8-15/h5-6,9,11,18H,2-4,7-8,10,17H2,1H3/t11-/m1/s1. The molecule has 0 aromatic heterocycles. The Morgan fingerprint density at radius 1 is 1.37 bits per heavy atom. The third-order valence-corrected chi connectivity index (χ3v) is 3.76. The molecule has 1 fully saturated rings. The summed E-state index contributed by atoms with van der Waals surface area (Å²) in [7, 11) is 0. The van der Waals surface area contributed by atoms with Crippen molar-refractivity contribution >= 4 is 0 Å². The molecule has 1 aliphatic carbocycles. The zero-order chi connectivity index (χ0) is 13.9. The molecule has 1 saturated carbocycles. The lowest BCUT2D eigenvalue weighted by molar-refractivity contribution is -0.0347. The number of ether oxygens (including phenoxy) is 1. The highest BCUT2D eigenvalue weighted by atomic mass is 19.1. The molecule has 0 spiro atoms. The van der Waals surface area contributed by atoms with E-state index in [1.165, 1.54) is 6.07 Å². The summed E-state index contributed by atoms with van der Waals surface area (Å²) in [4.78, 5) is 0. The Kier molecular flexibility index (Phi) is 4.42. The van der Waals surface area contributed by atoms with Gasteiger partial charge in [0.15, 0.2) is 11.6 Å². The Balaban J connectivity index is 1.99. The van der Waals surface area contributed by atoms with Gasteiger partial charge >= 0.3 is 0 Å². The Morgan fingerprint density at radius 2 is 2.05 bits per heavy atom. The minimum atomic E-state index is -0.801. The molecular weight excluding hydrogens is 245 g/mol. The van der Waals surface area contributed by atoms with Gasteiger partial charge in [-0.15, -0.1) is 0 Å². The van der Waals surface area contributed by atoms with Gasteiger partial charge in [0.2, 0.25) is 0 Å². The van der Waals surface area contributed by atoms with Crippen molar-refractivity contribution in [3.8, 4) is 5.75 Å². The van der Waals surface area contributed by atoms with E-state index in [9.17, 15) is 9.50 Å². The molecule has 0 bridgehead atoms. The lowest BCUT2D eigenvalue weighted by Gasteiger charge is -2.31. The van der Waals surface area contributed by atoms with E-state index in [-0.39, 0.29) is 18.4 Å². The minimum absolute atomic E-state index is 0.154. The van der Waals surface area contributed by atoms with Crippen LogP contribution < -0.4 is 10.5 Å². The van der Waals surface area contributed by atoms with Gasteiger partial charge in [-0.3, -0.25) is 0 Å². The van der Waals surface area contributed by atoms with Gasteiger partial charge in [-0.1, -0.05) is 25.3 Å². The molecule has 3 N–H and O–H groups in total. The summed E-state index contributed by atoms with van der Waals surface area (Å²) in [5, 5.41) is 10.3. The third-order valence-electron chi connectivity index (χ3n) is 3.76. The van der Waals surface area contributed by atoms with Crippen LogP contribution in [0.15, 0.2) is 18.2 Å². The number of halogens is 1. The van der Waals surface area contributed by atoms with Crippen molar-refractivity contribution in [2.24, 2.45) is 5.73 Å². The Bertz CT molecular complexity index is 428. The first-order valence-electron chi connectivity index (χ1n) is 6.90. The molecule has 4 heteroatoms. The van der Waals surface area contributed by atoms with Crippen molar-refractivity contribution in [2.45, 2.75) is 50.7 Å². The van der Waals surface area contributed by atoms with Crippen molar-refractivity contribution in [1.82, 2.24) is 0 Å². The van der Waals surface area contributed by atoms with Crippen LogP contribution in [-0.2, 0) is 0 Å². The predicted octanol–water partition coefficient (Wildman–Crippen LogP) is 2.92. The summed E-state index contributed by atoms with van der Waals surface area (Å²) < 4.78 is 19.3. The van der Waals surface area contributed by atoms with Gasteiger partial charge < -0.3 is 15.6 Å². The number of aliphatic hydroxyl groups is 1. The topological polar surface area (TPSA) is 55.5 Å². The van der Waals surface area contributed by atoms with Gasteiger partial charge in [-0.2, -0.15) is 0 Å². The Labute approximate surface area is 113 Å². The molecule has 19 heavy (non-hydrogen) atoms. The summed E-state index contributed by atoms with van der Waals surface area (Å²) in [6.45, 7) is 1.96. The quantitative estimate of drug-likeness (QED) is 0.882. The fourth-order valence-corrected chi connectivity index (χ4v) is 2.48. The zero-order valence-corrected chi connectivity index (χ0v) is 11.4. The maximum absolute atomic E-state index is 13.8. The van der Waals surface area contributed by atoms with E-state index in [0.29, 0.717) is 0 Å². The third kappa shape index (κ3) is 3.67. The maximum atomic E-state index is 13.8. The smallest absolute Gasteiger partial charge is 0.165 e. The molecule has 0 amide bonds. The van der Waals surface area contributed by atoms with Crippen LogP contribution in [0.25, 0.3) is 0 Å². The summed E-state index contributed by atoms with van der Waals surface area (Å²) >= 11 is 0. The molecule has 1 aromatic rings. The molecule has 1 atom stereocenters. The molecule has 106 valence electrons.